The van der Waals surface area contributed by atoms with Crippen LogP contribution in [0.25, 0.3) is 0 Å². The van der Waals surface area contributed by atoms with Gasteiger partial charge in [-0.1, -0.05) is 0 Å². The summed E-state index contributed by atoms with van der Waals surface area (Å²) in [6.07, 6.45) is 2.99. The highest BCUT2D eigenvalue weighted by atomic mass is 16.4. The van der Waals surface area contributed by atoms with Crippen molar-refractivity contribution < 1.29 is 19.8 Å². The molecule has 0 aromatic carbocycles. The summed E-state index contributed by atoms with van der Waals surface area (Å²) in [6.45, 7) is 3.57. The number of amides is 1. The molecule has 2 N–H and O–H groups in total. The lowest BCUT2D eigenvalue weighted by Gasteiger charge is -2.31. The summed E-state index contributed by atoms with van der Waals surface area (Å²) in [6, 6.07) is 0. The third kappa shape index (κ3) is 3.93. The Bertz CT molecular complexity index is 353. The van der Waals surface area contributed by atoms with E-state index in [2.05, 4.69) is 4.90 Å². The lowest BCUT2D eigenvalue weighted by Crippen LogP contribution is -2.44. The summed E-state index contributed by atoms with van der Waals surface area (Å²) < 4.78 is 0. The van der Waals surface area contributed by atoms with Gasteiger partial charge in [0, 0.05) is 26.2 Å². The number of aliphatic hydroxyl groups excluding tert-OH is 1. The first-order valence-electron chi connectivity index (χ1n) is 7.44. The SMILES string of the molecule is O=C(O)C1CCN(C(=O)CN2CCC(CCO)C2)CC1. The highest BCUT2D eigenvalue weighted by Crippen LogP contribution is 2.20. The number of carbonyl (C=O) groups excluding carboxylic acids is 1. The molecular formula is C14H24N2O4. The number of hydrogen-bond donors (Lipinski definition) is 2. The van der Waals surface area contributed by atoms with Crippen molar-refractivity contribution in [3.63, 3.8) is 0 Å². The van der Waals surface area contributed by atoms with E-state index >= 15 is 0 Å². The number of carbonyl (C=O) groups is 2. The third-order valence-electron chi connectivity index (χ3n) is 4.46. The summed E-state index contributed by atoms with van der Waals surface area (Å²) in [4.78, 5) is 27.0. The van der Waals surface area contributed by atoms with E-state index in [0.717, 1.165) is 25.9 Å². The van der Waals surface area contributed by atoms with Gasteiger partial charge in [0.2, 0.25) is 5.91 Å². The molecule has 20 heavy (non-hydrogen) atoms. The van der Waals surface area contributed by atoms with Gasteiger partial charge in [0.25, 0.3) is 0 Å². The van der Waals surface area contributed by atoms with Gasteiger partial charge in [-0.05, 0) is 38.1 Å². The van der Waals surface area contributed by atoms with E-state index < -0.39 is 5.97 Å². The molecule has 1 atom stereocenters. The molecule has 2 saturated heterocycles. The summed E-state index contributed by atoms with van der Waals surface area (Å²) in [7, 11) is 0. The first-order chi connectivity index (χ1) is 9.60. The van der Waals surface area contributed by atoms with Crippen LogP contribution in [0.5, 0.6) is 0 Å². The topological polar surface area (TPSA) is 81.1 Å². The van der Waals surface area contributed by atoms with Gasteiger partial charge in [0.15, 0.2) is 0 Å². The fourth-order valence-corrected chi connectivity index (χ4v) is 3.14. The summed E-state index contributed by atoms with van der Waals surface area (Å²) in [5.74, 6) is -0.424. The first kappa shape index (κ1) is 15.3. The van der Waals surface area contributed by atoms with Crippen LogP contribution in [-0.2, 0) is 9.59 Å². The van der Waals surface area contributed by atoms with Crippen LogP contribution in [-0.4, -0.2) is 71.2 Å². The normalized spacial score (nSPS) is 25.1. The lowest BCUT2D eigenvalue weighted by molar-refractivity contribution is -0.145. The monoisotopic (exact) mass is 284 g/mol. The number of rotatable bonds is 5. The standard InChI is InChI=1S/C14H24N2O4/c17-8-4-11-1-5-15(9-11)10-13(18)16-6-2-12(3-7-16)14(19)20/h11-12,17H,1-10H2,(H,19,20). The van der Waals surface area contributed by atoms with Crippen LogP contribution < -0.4 is 0 Å². The first-order valence-corrected chi connectivity index (χ1v) is 7.44. The minimum atomic E-state index is -0.747. The van der Waals surface area contributed by atoms with Crippen molar-refractivity contribution >= 4 is 11.9 Å². The van der Waals surface area contributed by atoms with Crippen molar-refractivity contribution in [2.45, 2.75) is 25.7 Å². The minimum Gasteiger partial charge on any atom is -0.481 e. The van der Waals surface area contributed by atoms with Gasteiger partial charge in [-0.15, -0.1) is 0 Å². The molecule has 1 amide bonds. The van der Waals surface area contributed by atoms with Crippen LogP contribution in [0.2, 0.25) is 0 Å². The maximum absolute atomic E-state index is 12.2. The molecule has 0 spiro atoms. The summed E-state index contributed by atoms with van der Waals surface area (Å²) in [5, 5.41) is 17.9. The number of aliphatic carboxylic acids is 1. The molecule has 0 aromatic heterocycles. The second-order valence-corrected chi connectivity index (χ2v) is 5.90. The Morgan fingerprint density at radius 3 is 2.40 bits per heavy atom. The Balaban J connectivity index is 1.72. The van der Waals surface area contributed by atoms with Crippen molar-refractivity contribution in [1.29, 1.82) is 0 Å². The average Bonchev–Trinajstić information content (AvgIpc) is 2.86. The summed E-state index contributed by atoms with van der Waals surface area (Å²) >= 11 is 0. The van der Waals surface area contributed by atoms with E-state index in [1.807, 2.05) is 0 Å². The van der Waals surface area contributed by atoms with Gasteiger partial charge < -0.3 is 15.1 Å². The molecule has 2 fully saturated rings. The Morgan fingerprint density at radius 2 is 1.80 bits per heavy atom. The van der Waals surface area contributed by atoms with Crippen LogP contribution in [0.1, 0.15) is 25.7 Å². The lowest BCUT2D eigenvalue weighted by atomic mass is 9.97. The quantitative estimate of drug-likeness (QED) is 0.743. The molecule has 0 saturated carbocycles. The molecule has 1 unspecified atom stereocenters. The molecule has 0 bridgehead atoms. The zero-order chi connectivity index (χ0) is 14.5. The molecule has 0 aliphatic carbocycles. The Morgan fingerprint density at radius 1 is 1.10 bits per heavy atom. The smallest absolute Gasteiger partial charge is 0.306 e. The van der Waals surface area contributed by atoms with Crippen molar-refractivity contribution in [2.75, 3.05) is 39.3 Å². The molecule has 114 valence electrons. The van der Waals surface area contributed by atoms with E-state index in [1.165, 1.54) is 0 Å². The van der Waals surface area contributed by atoms with Gasteiger partial charge in [-0.3, -0.25) is 14.5 Å². The second-order valence-electron chi connectivity index (χ2n) is 5.90. The number of hydrogen-bond acceptors (Lipinski definition) is 4. The molecule has 0 radical (unpaired) electrons. The number of carboxylic acid groups (broad SMARTS) is 1. The highest BCUT2D eigenvalue weighted by Gasteiger charge is 2.29. The maximum Gasteiger partial charge on any atom is 0.306 e. The molecule has 2 aliphatic rings. The fourth-order valence-electron chi connectivity index (χ4n) is 3.14. The molecule has 2 aliphatic heterocycles. The van der Waals surface area contributed by atoms with Crippen LogP contribution in [0, 0.1) is 11.8 Å². The second kappa shape index (κ2) is 7.04. The number of nitrogens with zero attached hydrogens (tertiary/aromatic N) is 2. The van der Waals surface area contributed by atoms with Crippen molar-refractivity contribution in [3.8, 4) is 0 Å². The predicted octanol–water partition coefficient (Wildman–Crippen LogP) is 0.0139. The van der Waals surface area contributed by atoms with E-state index in [-0.39, 0.29) is 18.4 Å². The van der Waals surface area contributed by atoms with Crippen LogP contribution in [0.3, 0.4) is 0 Å². The van der Waals surface area contributed by atoms with E-state index in [9.17, 15) is 9.59 Å². The molecular weight excluding hydrogens is 260 g/mol. The van der Waals surface area contributed by atoms with Crippen molar-refractivity contribution in [2.24, 2.45) is 11.8 Å². The number of aliphatic hydroxyl groups is 1. The molecule has 0 aromatic rings. The molecule has 2 heterocycles. The molecule has 6 heteroatoms. The Kier molecular flexibility index (Phi) is 5.37. The zero-order valence-electron chi connectivity index (χ0n) is 11.8. The van der Waals surface area contributed by atoms with Crippen LogP contribution >= 0.6 is 0 Å². The van der Waals surface area contributed by atoms with E-state index in [0.29, 0.717) is 38.4 Å². The fraction of sp³-hybridized carbons (Fsp3) is 0.857. The van der Waals surface area contributed by atoms with Gasteiger partial charge in [-0.25, -0.2) is 0 Å². The van der Waals surface area contributed by atoms with Gasteiger partial charge in [0.1, 0.15) is 0 Å². The average molecular weight is 284 g/mol. The van der Waals surface area contributed by atoms with Crippen LogP contribution in [0.15, 0.2) is 0 Å². The Labute approximate surface area is 119 Å². The van der Waals surface area contributed by atoms with Gasteiger partial charge >= 0.3 is 5.97 Å². The number of carboxylic acids is 1. The van der Waals surface area contributed by atoms with E-state index in [1.54, 1.807) is 4.90 Å². The van der Waals surface area contributed by atoms with Crippen molar-refractivity contribution in [3.05, 3.63) is 0 Å². The highest BCUT2D eigenvalue weighted by molar-refractivity contribution is 5.79. The largest absolute Gasteiger partial charge is 0.481 e. The predicted molar refractivity (Wildman–Crippen MR) is 73.2 cm³/mol. The maximum atomic E-state index is 12.2. The van der Waals surface area contributed by atoms with Crippen LogP contribution in [0.4, 0.5) is 0 Å². The molecule has 2 rings (SSSR count). The van der Waals surface area contributed by atoms with Gasteiger partial charge in [-0.2, -0.15) is 0 Å². The summed E-state index contributed by atoms with van der Waals surface area (Å²) in [5.41, 5.74) is 0. The Hall–Kier alpha value is -1.14. The minimum absolute atomic E-state index is 0.110. The number of likely N-dealkylation sites (tertiary alicyclic amines) is 2. The third-order valence-corrected chi connectivity index (χ3v) is 4.46. The van der Waals surface area contributed by atoms with Gasteiger partial charge in [0.05, 0.1) is 12.5 Å². The van der Waals surface area contributed by atoms with Crippen molar-refractivity contribution in [1.82, 2.24) is 9.80 Å². The zero-order valence-corrected chi connectivity index (χ0v) is 11.8. The number of piperidine rings is 1. The molecule has 6 nitrogen and oxygen atoms in total. The van der Waals surface area contributed by atoms with E-state index in [4.69, 9.17) is 10.2 Å².